The minimum Gasteiger partial charge on any atom is -0.329 e. The van der Waals surface area contributed by atoms with E-state index in [1.165, 1.54) is 28.6 Å². The second-order valence-corrected chi connectivity index (χ2v) is 8.84. The number of carbonyl (C=O) groups is 1. The molecule has 0 spiro atoms. The zero-order chi connectivity index (χ0) is 19.1. The van der Waals surface area contributed by atoms with Crippen molar-refractivity contribution in [2.75, 3.05) is 37.2 Å². The van der Waals surface area contributed by atoms with Crippen LogP contribution in [0.1, 0.15) is 13.8 Å². The zero-order valence-corrected chi connectivity index (χ0v) is 17.1. The summed E-state index contributed by atoms with van der Waals surface area (Å²) in [6, 6.07) is 5.54. The maximum absolute atomic E-state index is 12.1. The minimum absolute atomic E-state index is 0. The number of carbonyl (C=O) groups excluding carboxylic acids is 1. The van der Waals surface area contributed by atoms with Crippen LogP contribution in [0.25, 0.3) is 0 Å². The third-order valence-corrected chi connectivity index (χ3v) is 6.67. The maximum Gasteiger partial charge on any atom is 0.241 e. The quantitative estimate of drug-likeness (QED) is 0.477. The van der Waals surface area contributed by atoms with Gasteiger partial charge in [0.05, 0.1) is 4.90 Å². The fraction of sp³-hybridized carbons (Fsp3) is 0.500. The Morgan fingerprint density at radius 2 is 1.77 bits per heavy atom. The molecule has 0 aliphatic carbocycles. The predicted molar refractivity (Wildman–Crippen MR) is 103 cm³/mol. The predicted octanol–water partition coefficient (Wildman–Crippen LogP) is -0.0445. The number of rotatable bonds is 10. The van der Waals surface area contributed by atoms with Crippen LogP contribution in [-0.2, 0) is 24.8 Å². The summed E-state index contributed by atoms with van der Waals surface area (Å²) in [4.78, 5) is 11.9. The van der Waals surface area contributed by atoms with Gasteiger partial charge in [-0.1, -0.05) is 19.9 Å². The molecule has 0 aliphatic heterocycles. The number of benzene rings is 1. The van der Waals surface area contributed by atoms with E-state index in [1.54, 1.807) is 13.8 Å². The molecule has 0 bridgehead atoms. The molecule has 12 heteroatoms. The van der Waals surface area contributed by atoms with Crippen LogP contribution in [0.5, 0.6) is 0 Å². The van der Waals surface area contributed by atoms with Crippen molar-refractivity contribution in [1.82, 2.24) is 9.03 Å². The van der Waals surface area contributed by atoms with E-state index in [2.05, 4.69) is 10.0 Å². The van der Waals surface area contributed by atoms with Crippen molar-refractivity contribution in [2.24, 2.45) is 5.73 Å². The molecule has 0 fully saturated rings. The molecule has 9 nitrogen and oxygen atoms in total. The number of nitrogens with zero attached hydrogens (tertiary/aromatic N) is 1. The van der Waals surface area contributed by atoms with Gasteiger partial charge < -0.3 is 11.1 Å². The van der Waals surface area contributed by atoms with Gasteiger partial charge >= 0.3 is 0 Å². The average molecular weight is 429 g/mol. The smallest absolute Gasteiger partial charge is 0.241 e. The van der Waals surface area contributed by atoms with Crippen molar-refractivity contribution in [3.05, 3.63) is 24.3 Å². The van der Waals surface area contributed by atoms with Crippen molar-refractivity contribution in [2.45, 2.75) is 18.7 Å². The summed E-state index contributed by atoms with van der Waals surface area (Å²) in [7, 11) is -7.46. The Kier molecular flexibility index (Phi) is 10.3. The molecule has 150 valence electrons. The fourth-order valence-corrected chi connectivity index (χ4v) is 4.55. The van der Waals surface area contributed by atoms with E-state index in [9.17, 15) is 21.6 Å². The highest BCUT2D eigenvalue weighted by molar-refractivity contribution is 7.90. The summed E-state index contributed by atoms with van der Waals surface area (Å²) in [6.07, 6.45) is 0. The molecule has 26 heavy (non-hydrogen) atoms. The number of anilines is 1. The van der Waals surface area contributed by atoms with Gasteiger partial charge in [-0.15, -0.1) is 12.4 Å². The Morgan fingerprint density at radius 1 is 1.15 bits per heavy atom. The van der Waals surface area contributed by atoms with Gasteiger partial charge in [0.2, 0.25) is 26.0 Å². The largest absolute Gasteiger partial charge is 0.329 e. The highest BCUT2D eigenvalue weighted by Crippen LogP contribution is 2.15. The standard InChI is InChI=1S/C14H24N4O5S2.ClH/c1-3-18(4-2)24(20,21)11-14(19)17-12-6-5-7-13(10-12)25(22,23)16-9-8-15;/h5-7,10,16H,3-4,8-9,11,15H2,1-2H3,(H,17,19);1H. The molecule has 4 N–H and O–H groups in total. The van der Waals surface area contributed by atoms with Crippen molar-refractivity contribution in [3.8, 4) is 0 Å². The fourth-order valence-electron chi connectivity index (χ4n) is 2.09. The molecular weight excluding hydrogens is 404 g/mol. The van der Waals surface area contributed by atoms with E-state index in [-0.39, 0.29) is 49.2 Å². The Morgan fingerprint density at radius 3 is 2.31 bits per heavy atom. The van der Waals surface area contributed by atoms with Crippen molar-refractivity contribution in [3.63, 3.8) is 0 Å². The van der Waals surface area contributed by atoms with E-state index in [0.29, 0.717) is 0 Å². The molecule has 1 amide bonds. The van der Waals surface area contributed by atoms with E-state index >= 15 is 0 Å². The molecule has 0 atom stereocenters. The van der Waals surface area contributed by atoms with Crippen molar-refractivity contribution < 1.29 is 21.6 Å². The van der Waals surface area contributed by atoms with Gasteiger partial charge in [0.15, 0.2) is 0 Å². The maximum atomic E-state index is 12.1. The molecule has 0 aromatic heterocycles. The summed E-state index contributed by atoms with van der Waals surface area (Å²) in [5.41, 5.74) is 5.46. The lowest BCUT2D eigenvalue weighted by Crippen LogP contribution is -2.36. The highest BCUT2D eigenvalue weighted by Gasteiger charge is 2.23. The average Bonchev–Trinajstić information content (AvgIpc) is 2.53. The van der Waals surface area contributed by atoms with Crippen LogP contribution in [0, 0.1) is 0 Å². The SMILES string of the molecule is CCN(CC)S(=O)(=O)CC(=O)Nc1cccc(S(=O)(=O)NCCN)c1.Cl. The van der Waals surface area contributed by atoms with E-state index in [0.717, 1.165) is 0 Å². The Balaban J connectivity index is 0.00000625. The topological polar surface area (TPSA) is 139 Å². The lowest BCUT2D eigenvalue weighted by atomic mass is 10.3. The first kappa shape index (κ1) is 24.8. The molecule has 1 aromatic carbocycles. The molecule has 1 rings (SSSR count). The molecule has 1 aromatic rings. The van der Waals surface area contributed by atoms with Crippen LogP contribution < -0.4 is 15.8 Å². The Hall–Kier alpha value is -1.24. The van der Waals surface area contributed by atoms with Crippen molar-refractivity contribution >= 4 is 44.0 Å². The van der Waals surface area contributed by atoms with Gasteiger partial charge in [-0.25, -0.2) is 25.9 Å². The molecule has 0 heterocycles. The van der Waals surface area contributed by atoms with Crippen molar-refractivity contribution in [1.29, 1.82) is 0 Å². The number of amides is 1. The van der Waals surface area contributed by atoms with Crippen LogP contribution >= 0.6 is 12.4 Å². The summed E-state index contributed by atoms with van der Waals surface area (Å²) < 4.78 is 51.7. The van der Waals surface area contributed by atoms with Gasteiger partial charge in [-0.3, -0.25) is 4.79 Å². The summed E-state index contributed by atoms with van der Waals surface area (Å²) in [5.74, 6) is -1.45. The van der Waals surface area contributed by atoms with Crippen LogP contribution in [-0.4, -0.2) is 59.0 Å². The van der Waals surface area contributed by atoms with E-state index in [4.69, 9.17) is 5.73 Å². The normalized spacial score (nSPS) is 11.8. The van der Waals surface area contributed by atoms with Crippen LogP contribution in [0.3, 0.4) is 0 Å². The van der Waals surface area contributed by atoms with Crippen LogP contribution in [0.2, 0.25) is 0 Å². The number of hydrogen-bond acceptors (Lipinski definition) is 6. The molecule has 0 saturated heterocycles. The third kappa shape index (κ3) is 7.17. The van der Waals surface area contributed by atoms with Gasteiger partial charge in [0, 0.05) is 31.9 Å². The van der Waals surface area contributed by atoms with E-state index < -0.39 is 31.7 Å². The third-order valence-electron chi connectivity index (χ3n) is 3.28. The monoisotopic (exact) mass is 428 g/mol. The number of sulfonamides is 2. The van der Waals surface area contributed by atoms with Gasteiger partial charge in [-0.05, 0) is 18.2 Å². The number of hydrogen-bond donors (Lipinski definition) is 3. The first-order valence-corrected chi connectivity index (χ1v) is 10.8. The number of halogens is 1. The number of nitrogens with one attached hydrogen (secondary N) is 2. The van der Waals surface area contributed by atoms with Crippen LogP contribution in [0.4, 0.5) is 5.69 Å². The zero-order valence-electron chi connectivity index (χ0n) is 14.6. The lowest BCUT2D eigenvalue weighted by Gasteiger charge is -2.18. The summed E-state index contributed by atoms with van der Waals surface area (Å²) in [5, 5.41) is 2.41. The first-order valence-electron chi connectivity index (χ1n) is 7.73. The van der Waals surface area contributed by atoms with Gasteiger partial charge in [0.1, 0.15) is 5.75 Å². The minimum atomic E-state index is -3.74. The first-order chi connectivity index (χ1) is 11.7. The second kappa shape index (κ2) is 10.8. The Labute approximate surface area is 160 Å². The summed E-state index contributed by atoms with van der Waals surface area (Å²) in [6.45, 7) is 4.14. The second-order valence-electron chi connectivity index (χ2n) is 5.10. The van der Waals surface area contributed by atoms with Crippen LogP contribution in [0.15, 0.2) is 29.2 Å². The lowest BCUT2D eigenvalue weighted by molar-refractivity contribution is -0.113. The number of nitrogens with two attached hydrogens (primary N) is 1. The molecule has 0 aliphatic rings. The molecular formula is C14H25ClN4O5S2. The summed E-state index contributed by atoms with van der Waals surface area (Å²) >= 11 is 0. The Bertz CT molecular complexity index is 795. The van der Waals surface area contributed by atoms with Gasteiger partial charge in [0.25, 0.3) is 0 Å². The van der Waals surface area contributed by atoms with Gasteiger partial charge in [-0.2, -0.15) is 0 Å². The molecule has 0 saturated carbocycles. The highest BCUT2D eigenvalue weighted by atomic mass is 35.5. The molecule has 0 radical (unpaired) electrons. The van der Waals surface area contributed by atoms with E-state index in [1.807, 2.05) is 0 Å². The molecule has 0 unspecified atom stereocenters.